The molecule has 3 heteroatoms. The van der Waals surface area contributed by atoms with E-state index in [1.165, 1.54) is 6.08 Å². The van der Waals surface area contributed by atoms with Crippen LogP contribution in [0.1, 0.15) is 26.2 Å². The van der Waals surface area contributed by atoms with Crippen LogP contribution in [0.5, 0.6) is 0 Å². The van der Waals surface area contributed by atoms with Gasteiger partial charge >= 0.3 is 0 Å². The lowest BCUT2D eigenvalue weighted by atomic mass is 10.1. The summed E-state index contributed by atoms with van der Waals surface area (Å²) in [5.41, 5.74) is 0. The first-order chi connectivity index (χ1) is 6.22. The fourth-order valence-electron chi connectivity index (χ4n) is 1.69. The smallest absolute Gasteiger partial charge is 0.243 e. The molecular weight excluding hydrogens is 166 g/mol. The van der Waals surface area contributed by atoms with Crippen molar-refractivity contribution in [2.24, 2.45) is 5.92 Å². The number of nitrogens with one attached hydrogen (secondary N) is 1. The first-order valence-electron chi connectivity index (χ1n) is 4.81. The quantitative estimate of drug-likeness (QED) is 0.637. The molecule has 1 fully saturated rings. The zero-order valence-electron chi connectivity index (χ0n) is 7.99. The lowest BCUT2D eigenvalue weighted by molar-refractivity contribution is -0.116. The molecule has 2 N–H and O–H groups in total. The molecule has 0 bridgehead atoms. The van der Waals surface area contributed by atoms with Gasteiger partial charge in [0, 0.05) is 6.54 Å². The Labute approximate surface area is 78.8 Å². The minimum Gasteiger partial charge on any atom is -0.393 e. The zero-order valence-corrected chi connectivity index (χ0v) is 7.99. The van der Waals surface area contributed by atoms with E-state index >= 15 is 0 Å². The Hall–Kier alpha value is -0.830. The van der Waals surface area contributed by atoms with E-state index in [9.17, 15) is 9.90 Å². The molecule has 0 aliphatic heterocycles. The summed E-state index contributed by atoms with van der Waals surface area (Å²) in [6, 6.07) is 0. The molecule has 0 saturated heterocycles. The van der Waals surface area contributed by atoms with Crippen molar-refractivity contribution >= 4 is 5.91 Å². The van der Waals surface area contributed by atoms with Crippen molar-refractivity contribution in [1.29, 1.82) is 0 Å². The second kappa shape index (κ2) is 5.02. The number of aliphatic hydroxyl groups is 1. The average Bonchev–Trinajstić information content (AvgIpc) is 2.49. The summed E-state index contributed by atoms with van der Waals surface area (Å²) >= 11 is 0. The third-order valence-electron chi connectivity index (χ3n) is 2.40. The van der Waals surface area contributed by atoms with Crippen LogP contribution in [0.4, 0.5) is 0 Å². The normalized spacial score (nSPS) is 28.2. The van der Waals surface area contributed by atoms with Crippen LogP contribution in [0.2, 0.25) is 0 Å². The van der Waals surface area contributed by atoms with Crippen molar-refractivity contribution < 1.29 is 9.90 Å². The van der Waals surface area contributed by atoms with Gasteiger partial charge in [0.25, 0.3) is 0 Å². The van der Waals surface area contributed by atoms with Gasteiger partial charge in [-0.1, -0.05) is 6.08 Å². The van der Waals surface area contributed by atoms with Crippen LogP contribution in [-0.2, 0) is 4.79 Å². The molecule has 0 aromatic carbocycles. The third kappa shape index (κ3) is 3.59. The highest BCUT2D eigenvalue weighted by molar-refractivity contribution is 5.87. The van der Waals surface area contributed by atoms with Crippen molar-refractivity contribution in [2.75, 3.05) is 6.54 Å². The Morgan fingerprint density at radius 1 is 1.62 bits per heavy atom. The Morgan fingerprint density at radius 3 is 2.92 bits per heavy atom. The number of carbonyl (C=O) groups is 1. The van der Waals surface area contributed by atoms with E-state index in [4.69, 9.17) is 0 Å². The van der Waals surface area contributed by atoms with Gasteiger partial charge in [-0.3, -0.25) is 4.79 Å². The average molecular weight is 183 g/mol. The number of allylic oxidation sites excluding steroid dienone is 1. The molecule has 1 rings (SSSR count). The molecule has 0 aromatic rings. The Balaban J connectivity index is 2.16. The lowest BCUT2D eigenvalue weighted by Gasteiger charge is -2.08. The van der Waals surface area contributed by atoms with Crippen LogP contribution in [0.25, 0.3) is 0 Å². The number of hydrogen-bond acceptors (Lipinski definition) is 2. The third-order valence-corrected chi connectivity index (χ3v) is 2.40. The number of rotatable bonds is 3. The van der Waals surface area contributed by atoms with Crippen LogP contribution in [0.3, 0.4) is 0 Å². The molecule has 2 unspecified atom stereocenters. The van der Waals surface area contributed by atoms with Gasteiger partial charge < -0.3 is 10.4 Å². The second-order valence-electron chi connectivity index (χ2n) is 3.58. The van der Waals surface area contributed by atoms with E-state index in [0.717, 1.165) is 19.3 Å². The van der Waals surface area contributed by atoms with Crippen molar-refractivity contribution in [3.63, 3.8) is 0 Å². The summed E-state index contributed by atoms with van der Waals surface area (Å²) in [7, 11) is 0. The summed E-state index contributed by atoms with van der Waals surface area (Å²) in [6.07, 6.45) is 5.82. The van der Waals surface area contributed by atoms with E-state index in [1.54, 1.807) is 6.08 Å². The van der Waals surface area contributed by atoms with Gasteiger partial charge in [-0.2, -0.15) is 0 Å². The molecule has 2 atom stereocenters. The van der Waals surface area contributed by atoms with Crippen molar-refractivity contribution in [3.8, 4) is 0 Å². The number of hydrogen-bond donors (Lipinski definition) is 2. The van der Waals surface area contributed by atoms with Gasteiger partial charge in [0.2, 0.25) is 5.91 Å². The summed E-state index contributed by atoms with van der Waals surface area (Å²) in [5.74, 6) is 0.424. The molecule has 3 nitrogen and oxygen atoms in total. The van der Waals surface area contributed by atoms with Crippen LogP contribution in [0.15, 0.2) is 12.2 Å². The minimum atomic E-state index is -0.149. The Kier molecular flexibility index (Phi) is 3.96. The summed E-state index contributed by atoms with van der Waals surface area (Å²) in [5, 5.41) is 12.1. The van der Waals surface area contributed by atoms with E-state index in [0.29, 0.717) is 12.5 Å². The Bertz CT molecular complexity index is 201. The molecule has 1 aliphatic carbocycles. The monoisotopic (exact) mass is 183 g/mol. The van der Waals surface area contributed by atoms with Gasteiger partial charge in [-0.15, -0.1) is 0 Å². The van der Waals surface area contributed by atoms with Crippen LogP contribution < -0.4 is 5.32 Å². The summed E-state index contributed by atoms with van der Waals surface area (Å²) in [6.45, 7) is 2.51. The summed E-state index contributed by atoms with van der Waals surface area (Å²) in [4.78, 5) is 11.0. The minimum absolute atomic E-state index is 0.0381. The molecule has 0 aromatic heterocycles. The highest BCUT2D eigenvalue weighted by Gasteiger charge is 2.22. The maximum atomic E-state index is 11.0. The predicted octanol–water partition coefficient (Wildman–Crippen LogP) is 0.840. The highest BCUT2D eigenvalue weighted by Crippen LogP contribution is 2.24. The molecular formula is C10H17NO2. The standard InChI is InChI=1S/C10H17NO2/c1-2-3-10(13)11-7-8-4-5-9(12)6-8/h2-3,8-9,12H,4-7H2,1H3,(H,11,13)/b3-2+. The van der Waals surface area contributed by atoms with E-state index < -0.39 is 0 Å². The molecule has 74 valence electrons. The van der Waals surface area contributed by atoms with Crippen molar-refractivity contribution in [3.05, 3.63) is 12.2 Å². The van der Waals surface area contributed by atoms with Gasteiger partial charge in [0.1, 0.15) is 0 Å². The van der Waals surface area contributed by atoms with Crippen LogP contribution >= 0.6 is 0 Å². The van der Waals surface area contributed by atoms with Gasteiger partial charge in [-0.05, 0) is 38.2 Å². The Morgan fingerprint density at radius 2 is 2.38 bits per heavy atom. The number of carbonyl (C=O) groups excluding carboxylic acids is 1. The van der Waals surface area contributed by atoms with Gasteiger partial charge in [-0.25, -0.2) is 0 Å². The highest BCUT2D eigenvalue weighted by atomic mass is 16.3. The largest absolute Gasteiger partial charge is 0.393 e. The van der Waals surface area contributed by atoms with Crippen molar-refractivity contribution in [2.45, 2.75) is 32.3 Å². The number of amides is 1. The molecule has 1 amide bonds. The molecule has 1 saturated carbocycles. The van der Waals surface area contributed by atoms with Crippen molar-refractivity contribution in [1.82, 2.24) is 5.32 Å². The fourth-order valence-corrected chi connectivity index (χ4v) is 1.69. The first kappa shape index (κ1) is 10.3. The molecule has 13 heavy (non-hydrogen) atoms. The van der Waals surface area contributed by atoms with E-state index in [-0.39, 0.29) is 12.0 Å². The van der Waals surface area contributed by atoms with Gasteiger partial charge in [0.15, 0.2) is 0 Å². The SMILES string of the molecule is C/C=C/C(=O)NCC1CCC(O)C1. The molecule has 0 spiro atoms. The topological polar surface area (TPSA) is 49.3 Å². The van der Waals surface area contributed by atoms with E-state index in [1.807, 2.05) is 6.92 Å². The second-order valence-corrected chi connectivity index (χ2v) is 3.58. The fraction of sp³-hybridized carbons (Fsp3) is 0.700. The maximum Gasteiger partial charge on any atom is 0.243 e. The van der Waals surface area contributed by atoms with Crippen LogP contribution in [0, 0.1) is 5.92 Å². The van der Waals surface area contributed by atoms with Gasteiger partial charge in [0.05, 0.1) is 6.10 Å². The summed E-state index contributed by atoms with van der Waals surface area (Å²) < 4.78 is 0. The predicted molar refractivity (Wildman–Crippen MR) is 51.2 cm³/mol. The first-order valence-corrected chi connectivity index (χ1v) is 4.81. The molecule has 0 radical (unpaired) electrons. The maximum absolute atomic E-state index is 11.0. The van der Waals surface area contributed by atoms with Crippen LogP contribution in [-0.4, -0.2) is 23.7 Å². The molecule has 0 heterocycles. The molecule has 1 aliphatic rings. The lowest BCUT2D eigenvalue weighted by Crippen LogP contribution is -2.26. The zero-order chi connectivity index (χ0) is 9.68. The van der Waals surface area contributed by atoms with E-state index in [2.05, 4.69) is 5.32 Å². The number of aliphatic hydroxyl groups excluding tert-OH is 1.